The van der Waals surface area contributed by atoms with E-state index < -0.39 is 0 Å². The Morgan fingerprint density at radius 1 is 1.38 bits per heavy atom. The summed E-state index contributed by atoms with van der Waals surface area (Å²) in [5.74, 6) is 0.851. The summed E-state index contributed by atoms with van der Waals surface area (Å²) in [6.07, 6.45) is 6.22. The first-order chi connectivity index (χ1) is 6.24. The fraction of sp³-hybridized carbons (Fsp3) is 1.00. The molecule has 0 spiro atoms. The van der Waals surface area contributed by atoms with Crippen LogP contribution in [0.3, 0.4) is 0 Å². The van der Waals surface area contributed by atoms with Crippen LogP contribution in [-0.4, -0.2) is 23.8 Å². The van der Waals surface area contributed by atoms with Gasteiger partial charge in [-0.05, 0) is 32.1 Å². The summed E-state index contributed by atoms with van der Waals surface area (Å²) in [4.78, 5) is 0. The fourth-order valence-corrected chi connectivity index (χ4v) is 2.09. The highest BCUT2D eigenvalue weighted by molar-refractivity contribution is 4.77. The summed E-state index contributed by atoms with van der Waals surface area (Å²) in [5.41, 5.74) is 0. The largest absolute Gasteiger partial charge is 0.392 e. The van der Waals surface area contributed by atoms with Crippen molar-refractivity contribution in [2.24, 2.45) is 5.92 Å². The second kappa shape index (κ2) is 5.61. The van der Waals surface area contributed by atoms with Gasteiger partial charge >= 0.3 is 0 Å². The van der Waals surface area contributed by atoms with Crippen LogP contribution in [0.4, 0.5) is 0 Å². The quantitative estimate of drug-likeness (QED) is 0.686. The summed E-state index contributed by atoms with van der Waals surface area (Å²) in [5, 5.41) is 12.8. The maximum absolute atomic E-state index is 9.39. The number of aliphatic hydroxyl groups is 1. The third-order valence-corrected chi connectivity index (χ3v) is 3.25. The number of hydrogen-bond donors (Lipinski definition) is 2. The molecule has 0 radical (unpaired) electrons. The van der Waals surface area contributed by atoms with Crippen LogP contribution in [0.5, 0.6) is 0 Å². The van der Waals surface area contributed by atoms with Crippen LogP contribution in [0.25, 0.3) is 0 Å². The van der Waals surface area contributed by atoms with E-state index in [2.05, 4.69) is 12.2 Å². The highest BCUT2D eigenvalue weighted by Gasteiger charge is 2.21. The van der Waals surface area contributed by atoms with Crippen molar-refractivity contribution < 1.29 is 5.11 Å². The molecule has 1 aliphatic rings. The van der Waals surface area contributed by atoms with Crippen LogP contribution in [0, 0.1) is 5.92 Å². The van der Waals surface area contributed by atoms with Gasteiger partial charge in [0, 0.05) is 12.6 Å². The van der Waals surface area contributed by atoms with E-state index in [0.29, 0.717) is 6.04 Å². The number of nitrogens with one attached hydrogen (secondary N) is 1. The van der Waals surface area contributed by atoms with Crippen LogP contribution in [-0.2, 0) is 0 Å². The van der Waals surface area contributed by atoms with Crippen molar-refractivity contribution in [2.75, 3.05) is 6.54 Å². The van der Waals surface area contributed by atoms with E-state index in [1.165, 1.54) is 25.7 Å². The lowest BCUT2D eigenvalue weighted by Crippen LogP contribution is -2.37. The van der Waals surface area contributed by atoms with Gasteiger partial charge in [-0.3, -0.25) is 0 Å². The number of hydrogen-bond acceptors (Lipinski definition) is 2. The lowest BCUT2D eigenvalue weighted by Gasteiger charge is -2.21. The van der Waals surface area contributed by atoms with Gasteiger partial charge in [-0.2, -0.15) is 0 Å². The maximum Gasteiger partial charge on any atom is 0.0662 e. The molecule has 0 bridgehead atoms. The standard InChI is InChI=1S/C11H23NO/c1-3-11(13)8-12-9(2)10-6-4-5-7-10/h9-13H,3-8H2,1-2H3. The molecule has 0 saturated heterocycles. The highest BCUT2D eigenvalue weighted by atomic mass is 16.3. The van der Waals surface area contributed by atoms with Crippen molar-refractivity contribution in [3.8, 4) is 0 Å². The van der Waals surface area contributed by atoms with Gasteiger partial charge in [0.15, 0.2) is 0 Å². The first-order valence-corrected chi connectivity index (χ1v) is 5.65. The van der Waals surface area contributed by atoms with Crippen LogP contribution in [0.15, 0.2) is 0 Å². The molecule has 2 nitrogen and oxygen atoms in total. The van der Waals surface area contributed by atoms with E-state index in [-0.39, 0.29) is 6.10 Å². The van der Waals surface area contributed by atoms with Crippen molar-refractivity contribution in [1.82, 2.24) is 5.32 Å². The Labute approximate surface area is 81.7 Å². The van der Waals surface area contributed by atoms with E-state index in [4.69, 9.17) is 0 Å². The molecular formula is C11H23NO. The Kier molecular flexibility index (Phi) is 4.74. The van der Waals surface area contributed by atoms with Gasteiger partial charge in [-0.25, -0.2) is 0 Å². The first kappa shape index (κ1) is 11.0. The van der Waals surface area contributed by atoms with Crippen LogP contribution >= 0.6 is 0 Å². The smallest absolute Gasteiger partial charge is 0.0662 e. The van der Waals surface area contributed by atoms with Crippen LogP contribution in [0.1, 0.15) is 46.0 Å². The predicted molar refractivity (Wildman–Crippen MR) is 55.7 cm³/mol. The van der Waals surface area contributed by atoms with E-state index in [0.717, 1.165) is 18.9 Å². The molecule has 2 atom stereocenters. The van der Waals surface area contributed by atoms with E-state index in [1.807, 2.05) is 6.92 Å². The first-order valence-electron chi connectivity index (χ1n) is 5.65. The molecule has 0 amide bonds. The number of aliphatic hydroxyl groups excluding tert-OH is 1. The van der Waals surface area contributed by atoms with Gasteiger partial charge in [0.1, 0.15) is 0 Å². The Morgan fingerprint density at radius 3 is 2.54 bits per heavy atom. The van der Waals surface area contributed by atoms with Crippen molar-refractivity contribution in [3.63, 3.8) is 0 Å². The van der Waals surface area contributed by atoms with Crippen molar-refractivity contribution in [2.45, 2.75) is 58.1 Å². The molecule has 2 heteroatoms. The molecule has 13 heavy (non-hydrogen) atoms. The van der Waals surface area contributed by atoms with Gasteiger partial charge in [0.25, 0.3) is 0 Å². The van der Waals surface area contributed by atoms with Crippen LogP contribution in [0.2, 0.25) is 0 Å². The average Bonchev–Trinajstić information content (AvgIpc) is 2.66. The zero-order valence-corrected chi connectivity index (χ0v) is 8.92. The van der Waals surface area contributed by atoms with Gasteiger partial charge in [-0.15, -0.1) is 0 Å². The fourth-order valence-electron chi connectivity index (χ4n) is 2.09. The molecule has 0 heterocycles. The molecule has 1 fully saturated rings. The minimum atomic E-state index is -0.163. The Balaban J connectivity index is 2.12. The van der Waals surface area contributed by atoms with E-state index >= 15 is 0 Å². The summed E-state index contributed by atoms with van der Waals surface area (Å²) in [6, 6.07) is 0.587. The summed E-state index contributed by atoms with van der Waals surface area (Å²) in [7, 11) is 0. The topological polar surface area (TPSA) is 32.3 Å². The normalized spacial score (nSPS) is 23.3. The van der Waals surface area contributed by atoms with Gasteiger partial charge in [0.2, 0.25) is 0 Å². The van der Waals surface area contributed by atoms with Crippen molar-refractivity contribution >= 4 is 0 Å². The van der Waals surface area contributed by atoms with Gasteiger partial charge < -0.3 is 10.4 Å². The molecular weight excluding hydrogens is 162 g/mol. The van der Waals surface area contributed by atoms with E-state index in [1.54, 1.807) is 0 Å². The minimum Gasteiger partial charge on any atom is -0.392 e. The molecule has 78 valence electrons. The zero-order valence-electron chi connectivity index (χ0n) is 8.92. The van der Waals surface area contributed by atoms with Crippen LogP contribution < -0.4 is 5.32 Å². The Bertz CT molecular complexity index is 132. The molecule has 1 rings (SSSR count). The highest BCUT2D eigenvalue weighted by Crippen LogP contribution is 2.27. The third-order valence-electron chi connectivity index (χ3n) is 3.25. The molecule has 0 aromatic heterocycles. The number of rotatable bonds is 5. The predicted octanol–water partition coefficient (Wildman–Crippen LogP) is 1.93. The monoisotopic (exact) mass is 185 g/mol. The second-order valence-electron chi connectivity index (χ2n) is 4.30. The zero-order chi connectivity index (χ0) is 9.68. The molecule has 0 aromatic rings. The summed E-state index contributed by atoms with van der Waals surface area (Å²) >= 11 is 0. The summed E-state index contributed by atoms with van der Waals surface area (Å²) in [6.45, 7) is 5.03. The molecule has 0 aromatic carbocycles. The molecule has 2 unspecified atom stereocenters. The lowest BCUT2D eigenvalue weighted by atomic mass is 10.00. The SMILES string of the molecule is CCC(O)CNC(C)C1CCCC1. The molecule has 1 aliphatic carbocycles. The van der Waals surface area contributed by atoms with Gasteiger partial charge in [-0.1, -0.05) is 19.8 Å². The van der Waals surface area contributed by atoms with Gasteiger partial charge in [0.05, 0.1) is 6.10 Å². The Morgan fingerprint density at radius 2 is 2.00 bits per heavy atom. The molecule has 0 aliphatic heterocycles. The maximum atomic E-state index is 9.39. The summed E-state index contributed by atoms with van der Waals surface area (Å²) < 4.78 is 0. The Hall–Kier alpha value is -0.0800. The molecule has 1 saturated carbocycles. The lowest BCUT2D eigenvalue weighted by molar-refractivity contribution is 0.159. The van der Waals surface area contributed by atoms with Crippen molar-refractivity contribution in [1.29, 1.82) is 0 Å². The van der Waals surface area contributed by atoms with E-state index in [9.17, 15) is 5.11 Å². The molecule has 2 N–H and O–H groups in total. The second-order valence-corrected chi connectivity index (χ2v) is 4.30. The third kappa shape index (κ3) is 3.65. The minimum absolute atomic E-state index is 0.163. The van der Waals surface area contributed by atoms with Crippen molar-refractivity contribution in [3.05, 3.63) is 0 Å². The average molecular weight is 185 g/mol.